The first kappa shape index (κ1) is 46.5. The van der Waals surface area contributed by atoms with Gasteiger partial charge in [0, 0.05) is 36.7 Å². The lowest BCUT2D eigenvalue weighted by atomic mass is 9.79. The predicted molar refractivity (Wildman–Crippen MR) is 243 cm³/mol. The quantitative estimate of drug-likeness (QED) is 0.0453. The number of amides is 1. The fourth-order valence-electron chi connectivity index (χ4n) is 8.60. The zero-order valence-corrected chi connectivity index (χ0v) is 38.0. The van der Waals surface area contributed by atoms with Gasteiger partial charge in [0.25, 0.3) is 14.4 Å². The Morgan fingerprint density at radius 3 is 2.06 bits per heavy atom. The normalized spacial score (nSPS) is 20.0. The van der Waals surface area contributed by atoms with Gasteiger partial charge in [0.2, 0.25) is 0 Å². The van der Waals surface area contributed by atoms with Gasteiger partial charge in [-0.25, -0.2) is 9.46 Å². The van der Waals surface area contributed by atoms with Crippen LogP contribution in [0.1, 0.15) is 74.0 Å². The maximum absolute atomic E-state index is 13.7. The molecule has 0 radical (unpaired) electrons. The van der Waals surface area contributed by atoms with Crippen LogP contribution in [0.3, 0.4) is 0 Å². The molecule has 1 N–H and O–H groups in total. The van der Waals surface area contributed by atoms with E-state index in [-0.39, 0.29) is 43.6 Å². The van der Waals surface area contributed by atoms with E-state index in [1.807, 2.05) is 84.9 Å². The third kappa shape index (κ3) is 9.92. The molecule has 2 fully saturated rings. The number of hydrogen-bond acceptors (Lipinski definition) is 12. The Hall–Kier alpha value is -5.49. The summed E-state index contributed by atoms with van der Waals surface area (Å²) in [7, 11) is 1.52. The van der Waals surface area contributed by atoms with Crippen LogP contribution in [0.2, 0.25) is 0 Å². The zero-order valence-electron chi connectivity index (χ0n) is 37.1. The van der Waals surface area contributed by atoms with Gasteiger partial charge in [-0.3, -0.25) is 9.36 Å². The van der Waals surface area contributed by atoms with Gasteiger partial charge in [-0.05, 0) is 86.8 Å². The van der Waals surface area contributed by atoms with Gasteiger partial charge in [0.05, 0.1) is 52.1 Å². The van der Waals surface area contributed by atoms with Crippen molar-refractivity contribution in [2.75, 3.05) is 32.8 Å². The van der Waals surface area contributed by atoms with E-state index in [9.17, 15) is 14.9 Å². The smallest absolute Gasteiger partial charge is 0.351 e. The van der Waals surface area contributed by atoms with E-state index in [0.717, 1.165) is 16.7 Å². The maximum atomic E-state index is 13.7. The number of hydrogen-bond donors (Lipinski definition) is 1. The minimum Gasteiger partial charge on any atom is -0.497 e. The van der Waals surface area contributed by atoms with Crippen molar-refractivity contribution in [3.8, 4) is 17.6 Å². The molecular weight excluding hydrogens is 834 g/mol. The minimum atomic E-state index is -1.74. The second kappa shape index (κ2) is 21.0. The Kier molecular flexibility index (Phi) is 15.3. The Morgan fingerprint density at radius 2 is 1.50 bits per heavy atom. The average Bonchev–Trinajstić information content (AvgIpc) is 3.45. The number of methoxy groups -OCH3 is 2. The van der Waals surface area contributed by atoms with E-state index in [0.29, 0.717) is 36.5 Å². The fourth-order valence-corrected chi connectivity index (χ4v) is 10.4. The van der Waals surface area contributed by atoms with Crippen LogP contribution in [-0.2, 0) is 35.6 Å². The van der Waals surface area contributed by atoms with Crippen molar-refractivity contribution in [2.45, 2.75) is 95.3 Å². The van der Waals surface area contributed by atoms with Gasteiger partial charge in [0.15, 0.2) is 0 Å². The van der Waals surface area contributed by atoms with Crippen molar-refractivity contribution >= 4 is 20.3 Å². The minimum absolute atomic E-state index is 0.0376. The number of nitriles is 1. The summed E-state index contributed by atoms with van der Waals surface area (Å²) >= 11 is 0. The third-order valence-corrected chi connectivity index (χ3v) is 13.8. The molecule has 1 unspecified atom stereocenters. The number of rotatable bonds is 20. The van der Waals surface area contributed by atoms with Crippen LogP contribution in [0, 0.1) is 11.3 Å². The van der Waals surface area contributed by atoms with E-state index in [2.05, 4.69) is 48.7 Å². The van der Waals surface area contributed by atoms with Crippen molar-refractivity contribution in [3.63, 3.8) is 0 Å². The summed E-state index contributed by atoms with van der Waals surface area (Å²) in [6.07, 6.45) is 0.487. The SMILES string of the molecule is COc1ccc(C(O[C@@H]2[C@@H]3C[C@@H](OP(OCCC#N)N(C(C)C)C(C)C)[C@@]2(OCn2ccc(NC(=O)c4ccccc4)nc2=O)CCO3)(c2ccccc2)c2ccc(OC)cc2)cc1. The van der Waals surface area contributed by atoms with Crippen LogP contribution >= 0.6 is 8.53 Å². The van der Waals surface area contributed by atoms with Gasteiger partial charge >= 0.3 is 5.69 Å². The summed E-state index contributed by atoms with van der Waals surface area (Å²) in [4.78, 5) is 30.8. The summed E-state index contributed by atoms with van der Waals surface area (Å²) in [5, 5.41) is 12.2. The second-order valence-corrected chi connectivity index (χ2v) is 17.6. The van der Waals surface area contributed by atoms with Crippen LogP contribution in [0.15, 0.2) is 126 Å². The van der Waals surface area contributed by atoms with Gasteiger partial charge < -0.3 is 38.0 Å². The average molecular weight is 890 g/mol. The maximum Gasteiger partial charge on any atom is 0.351 e. The van der Waals surface area contributed by atoms with Crippen LogP contribution in [0.4, 0.5) is 5.82 Å². The number of nitrogens with one attached hydrogen (secondary N) is 1. The van der Waals surface area contributed by atoms with Crippen molar-refractivity contribution in [1.82, 2.24) is 14.2 Å². The van der Waals surface area contributed by atoms with Crippen molar-refractivity contribution in [2.24, 2.45) is 0 Å². The highest BCUT2D eigenvalue weighted by atomic mass is 31.2. The molecule has 1 aliphatic heterocycles. The number of benzene rings is 4. The molecule has 1 saturated carbocycles. The van der Waals surface area contributed by atoms with Gasteiger partial charge in [-0.2, -0.15) is 10.2 Å². The first-order chi connectivity index (χ1) is 31.0. The summed E-state index contributed by atoms with van der Waals surface area (Å²) in [5.41, 5.74) is -0.164. The van der Waals surface area contributed by atoms with Crippen molar-refractivity contribution in [1.29, 1.82) is 5.26 Å². The molecule has 2 bridgehead atoms. The highest BCUT2D eigenvalue weighted by molar-refractivity contribution is 7.44. The van der Waals surface area contributed by atoms with E-state index >= 15 is 0 Å². The first-order valence-electron chi connectivity index (χ1n) is 21.5. The lowest BCUT2D eigenvalue weighted by Gasteiger charge is -2.48. The molecule has 2 aliphatic rings. The van der Waals surface area contributed by atoms with Crippen LogP contribution in [0.5, 0.6) is 11.5 Å². The molecule has 15 heteroatoms. The molecule has 2 heterocycles. The van der Waals surface area contributed by atoms with Crippen LogP contribution in [-0.4, -0.2) is 83.6 Å². The summed E-state index contributed by atoms with van der Waals surface area (Å²) in [5.74, 6) is 1.09. The molecule has 7 rings (SSSR count). The summed E-state index contributed by atoms with van der Waals surface area (Å²) < 4.78 is 50.0. The highest BCUT2D eigenvalue weighted by Gasteiger charge is 2.64. The molecule has 1 amide bonds. The number of anilines is 1. The molecule has 5 atom stereocenters. The largest absolute Gasteiger partial charge is 0.497 e. The molecule has 1 aromatic heterocycles. The van der Waals surface area contributed by atoms with Crippen LogP contribution in [0.25, 0.3) is 0 Å². The van der Waals surface area contributed by atoms with Gasteiger partial charge in [0.1, 0.15) is 41.4 Å². The number of aromatic nitrogens is 2. The van der Waals surface area contributed by atoms with E-state index < -0.39 is 43.7 Å². The number of carbonyl (C=O) groups is 1. The van der Waals surface area contributed by atoms with Crippen molar-refractivity contribution in [3.05, 3.63) is 154 Å². The predicted octanol–water partition coefficient (Wildman–Crippen LogP) is 8.46. The fraction of sp³-hybridized carbons (Fsp3) is 0.388. The Balaban J connectivity index is 1.34. The molecule has 1 aliphatic carbocycles. The molecule has 0 spiro atoms. The van der Waals surface area contributed by atoms with E-state index in [1.54, 1.807) is 50.7 Å². The van der Waals surface area contributed by atoms with Gasteiger partial charge in [-0.15, -0.1) is 0 Å². The van der Waals surface area contributed by atoms with Gasteiger partial charge in [-0.1, -0.05) is 72.8 Å². The lowest BCUT2D eigenvalue weighted by molar-refractivity contribution is -0.248. The molecule has 336 valence electrons. The Morgan fingerprint density at radius 1 is 0.906 bits per heavy atom. The molecular formula is C49H56N5O9P. The molecule has 5 aromatic rings. The third-order valence-electron chi connectivity index (χ3n) is 11.6. The molecule has 64 heavy (non-hydrogen) atoms. The standard InChI is InChI=1S/C49H56N5O9P/c1-34(2)54(35(3)4)64(61-30-13-28-50)63-43-32-42-45(48(43,27-31-59-42)60-33-53-29-26-44(52-47(53)56)51-46(55)36-14-9-7-10-15-36)62-49(37-16-11-8-12-17-37,38-18-22-40(57-5)23-19-38)39-20-24-41(58-6)25-21-39/h7-12,14-26,29,34-35,42-43,45H,13,27,30-33H2,1-6H3,(H,51,52,55,56)/t42-,43+,45+,48-,64?/m0/s1. The topological polar surface area (TPSA) is 156 Å². The monoisotopic (exact) mass is 889 g/mol. The van der Waals surface area contributed by atoms with Crippen LogP contribution < -0.4 is 20.5 Å². The number of carbonyl (C=O) groups excluding carboxylic acids is 1. The number of ether oxygens (including phenoxy) is 5. The molecule has 14 nitrogen and oxygen atoms in total. The number of fused-ring (bicyclic) bond motifs is 2. The lowest BCUT2D eigenvalue weighted by Crippen LogP contribution is -2.58. The Labute approximate surface area is 376 Å². The number of nitrogens with zero attached hydrogens (tertiary/aromatic N) is 4. The van der Waals surface area contributed by atoms with Crippen molar-refractivity contribution < 1.29 is 37.5 Å². The second-order valence-electron chi connectivity index (χ2n) is 16.2. The van der Waals surface area contributed by atoms with E-state index in [1.165, 1.54) is 4.57 Å². The molecule has 1 saturated heterocycles. The highest BCUT2D eigenvalue weighted by Crippen LogP contribution is 2.56. The summed E-state index contributed by atoms with van der Waals surface area (Å²) in [6.45, 7) is 8.64. The molecule has 4 aromatic carbocycles. The first-order valence-corrected chi connectivity index (χ1v) is 22.6. The Bertz CT molecular complexity index is 2340. The zero-order chi connectivity index (χ0) is 45.3. The van der Waals surface area contributed by atoms with E-state index in [4.69, 9.17) is 32.7 Å². The summed E-state index contributed by atoms with van der Waals surface area (Å²) in [6, 6.07) is 38.2.